The van der Waals surface area contributed by atoms with E-state index in [2.05, 4.69) is 67.8 Å². The molecular weight excluding hydrogens is 711 g/mol. The van der Waals surface area contributed by atoms with Crippen LogP contribution in [0.2, 0.25) is 0 Å². The summed E-state index contributed by atoms with van der Waals surface area (Å²) in [5.74, 6) is -0.0826. The van der Waals surface area contributed by atoms with E-state index in [-0.39, 0.29) is 12.5 Å². The summed E-state index contributed by atoms with van der Waals surface area (Å²) in [7, 11) is 0. The molecule has 0 aliphatic carbocycles. The molecule has 0 saturated carbocycles. The molecule has 4 heteroatoms. The van der Waals surface area contributed by atoms with Gasteiger partial charge in [-0.25, -0.2) is 0 Å². The van der Waals surface area contributed by atoms with Crippen LogP contribution < -0.4 is 5.32 Å². The minimum atomic E-state index is -0.874. The molecule has 0 saturated heterocycles. The van der Waals surface area contributed by atoms with Crippen LogP contribution in [0, 0.1) is 0 Å². The van der Waals surface area contributed by atoms with Crippen LogP contribution in [0.5, 0.6) is 0 Å². The summed E-state index contributed by atoms with van der Waals surface area (Å²) in [6.07, 6.45) is 69.3. The highest BCUT2D eigenvalue weighted by Gasteiger charge is 2.17. The highest BCUT2D eigenvalue weighted by atomic mass is 16.3. The first-order valence-corrected chi connectivity index (χ1v) is 25.5. The van der Waals surface area contributed by atoms with Gasteiger partial charge in [0.1, 0.15) is 0 Å². The average molecular weight is 810 g/mol. The average Bonchev–Trinajstić information content (AvgIpc) is 3.23. The van der Waals surface area contributed by atoms with Crippen molar-refractivity contribution in [3.8, 4) is 0 Å². The zero-order valence-electron chi connectivity index (χ0n) is 38.8. The van der Waals surface area contributed by atoms with Gasteiger partial charge in [-0.1, -0.05) is 235 Å². The number of amides is 1. The first-order valence-electron chi connectivity index (χ1n) is 25.5. The topological polar surface area (TPSA) is 69.6 Å². The van der Waals surface area contributed by atoms with Crippen molar-refractivity contribution in [3.05, 3.63) is 60.8 Å². The molecule has 0 radical (unpaired) electrons. The lowest BCUT2D eigenvalue weighted by Crippen LogP contribution is -2.45. The molecule has 4 nitrogen and oxygen atoms in total. The highest BCUT2D eigenvalue weighted by Crippen LogP contribution is 2.15. The van der Waals surface area contributed by atoms with E-state index < -0.39 is 12.1 Å². The van der Waals surface area contributed by atoms with E-state index in [9.17, 15) is 15.0 Å². The molecule has 338 valence electrons. The number of aliphatic hydroxyl groups is 2. The molecule has 0 rings (SSSR count). The van der Waals surface area contributed by atoms with Gasteiger partial charge in [-0.3, -0.25) is 4.79 Å². The molecule has 0 spiro atoms. The van der Waals surface area contributed by atoms with Gasteiger partial charge >= 0.3 is 0 Å². The number of hydrogen-bond acceptors (Lipinski definition) is 3. The van der Waals surface area contributed by atoms with Crippen molar-refractivity contribution in [2.75, 3.05) is 6.61 Å². The molecule has 2 unspecified atom stereocenters. The number of unbranched alkanes of at least 4 members (excludes halogenated alkanes) is 31. The Hall–Kier alpha value is -1.91. The number of carbonyl (C=O) groups excluding carboxylic acids is 1. The Balaban J connectivity index is 3.60. The zero-order chi connectivity index (χ0) is 42.1. The minimum Gasteiger partial charge on any atom is -0.394 e. The molecule has 3 N–H and O–H groups in total. The van der Waals surface area contributed by atoms with Gasteiger partial charge in [-0.2, -0.15) is 0 Å². The van der Waals surface area contributed by atoms with Crippen LogP contribution in [0.1, 0.15) is 258 Å². The Morgan fingerprint density at radius 1 is 0.414 bits per heavy atom. The van der Waals surface area contributed by atoms with Gasteiger partial charge < -0.3 is 15.5 Å². The van der Waals surface area contributed by atoms with Crippen LogP contribution in [0.4, 0.5) is 0 Å². The monoisotopic (exact) mass is 810 g/mol. The number of hydrogen-bond donors (Lipinski definition) is 3. The molecule has 0 aromatic carbocycles. The maximum Gasteiger partial charge on any atom is 0.220 e. The van der Waals surface area contributed by atoms with Crippen molar-refractivity contribution in [1.29, 1.82) is 0 Å². The normalized spacial score (nSPS) is 13.4. The van der Waals surface area contributed by atoms with E-state index >= 15 is 0 Å². The summed E-state index contributed by atoms with van der Waals surface area (Å²) >= 11 is 0. The fraction of sp³-hybridized carbons (Fsp3) is 0.796. The Labute approximate surface area is 362 Å². The van der Waals surface area contributed by atoms with Crippen molar-refractivity contribution in [2.45, 2.75) is 270 Å². The lowest BCUT2D eigenvalue weighted by atomic mass is 10.0. The third kappa shape index (κ3) is 45.2. The Bertz CT molecular complexity index is 965. The Morgan fingerprint density at radius 2 is 0.724 bits per heavy atom. The largest absolute Gasteiger partial charge is 0.394 e. The predicted molar refractivity (Wildman–Crippen MR) is 258 cm³/mol. The smallest absolute Gasteiger partial charge is 0.220 e. The molecule has 0 fully saturated rings. The highest BCUT2D eigenvalue weighted by molar-refractivity contribution is 5.76. The van der Waals surface area contributed by atoms with Crippen molar-refractivity contribution >= 4 is 5.91 Å². The third-order valence-corrected chi connectivity index (χ3v) is 11.5. The molecular formula is C54H99NO3. The summed E-state index contributed by atoms with van der Waals surface area (Å²) in [6.45, 7) is 4.28. The molecule has 0 bridgehead atoms. The summed E-state index contributed by atoms with van der Waals surface area (Å²) in [4.78, 5) is 12.4. The molecule has 1 amide bonds. The van der Waals surface area contributed by atoms with E-state index in [1.165, 1.54) is 193 Å². The van der Waals surface area contributed by atoms with E-state index in [4.69, 9.17) is 0 Å². The van der Waals surface area contributed by atoms with E-state index in [0.29, 0.717) is 6.42 Å². The quantitative estimate of drug-likeness (QED) is 0.0424. The molecule has 0 heterocycles. The second-order valence-corrected chi connectivity index (χ2v) is 17.2. The summed E-state index contributed by atoms with van der Waals surface area (Å²) in [6, 6.07) is -0.650. The van der Waals surface area contributed by atoms with Crippen LogP contribution in [0.15, 0.2) is 60.8 Å². The summed E-state index contributed by atoms with van der Waals surface area (Å²) in [5.41, 5.74) is 0. The number of allylic oxidation sites excluding steroid dienone is 9. The Morgan fingerprint density at radius 3 is 1.14 bits per heavy atom. The van der Waals surface area contributed by atoms with Gasteiger partial charge in [-0.05, 0) is 77.0 Å². The minimum absolute atomic E-state index is 0.0826. The number of nitrogens with one attached hydrogen (secondary N) is 1. The zero-order valence-corrected chi connectivity index (χ0v) is 38.8. The molecule has 0 aromatic rings. The van der Waals surface area contributed by atoms with Crippen LogP contribution in [-0.4, -0.2) is 34.9 Å². The van der Waals surface area contributed by atoms with Gasteiger partial charge in [0.05, 0.1) is 18.8 Å². The van der Waals surface area contributed by atoms with Crippen LogP contribution in [0.3, 0.4) is 0 Å². The Kier molecular flexibility index (Phi) is 47.8. The maximum absolute atomic E-state index is 12.4. The fourth-order valence-electron chi connectivity index (χ4n) is 7.54. The van der Waals surface area contributed by atoms with Crippen LogP contribution in [0.25, 0.3) is 0 Å². The third-order valence-electron chi connectivity index (χ3n) is 11.5. The summed E-state index contributed by atoms with van der Waals surface area (Å²) in [5, 5.41) is 23.1. The van der Waals surface area contributed by atoms with Crippen molar-refractivity contribution in [3.63, 3.8) is 0 Å². The number of carbonyl (C=O) groups is 1. The van der Waals surface area contributed by atoms with Crippen molar-refractivity contribution in [1.82, 2.24) is 5.32 Å². The molecule has 0 aliphatic heterocycles. The van der Waals surface area contributed by atoms with Crippen molar-refractivity contribution < 1.29 is 15.0 Å². The van der Waals surface area contributed by atoms with Gasteiger partial charge in [-0.15, -0.1) is 0 Å². The molecule has 58 heavy (non-hydrogen) atoms. The lowest BCUT2D eigenvalue weighted by Gasteiger charge is -2.19. The second kappa shape index (κ2) is 49.5. The lowest BCUT2D eigenvalue weighted by molar-refractivity contribution is -0.123. The van der Waals surface area contributed by atoms with Gasteiger partial charge in [0.2, 0.25) is 5.91 Å². The first kappa shape index (κ1) is 56.1. The fourth-order valence-corrected chi connectivity index (χ4v) is 7.54. The molecule has 2 atom stereocenters. The SMILES string of the molecule is CCCCC/C=C\C/C=C\CCCCCCCCCCCC(=O)NC(CO)C(O)/C=C/CC/C=C/CC/C=C/CCCCCCCCCCCCCCCCCCC. The molecule has 0 aliphatic rings. The van der Waals surface area contributed by atoms with Gasteiger partial charge in [0.25, 0.3) is 0 Å². The van der Waals surface area contributed by atoms with Gasteiger partial charge in [0.15, 0.2) is 0 Å². The van der Waals surface area contributed by atoms with Crippen LogP contribution in [-0.2, 0) is 4.79 Å². The van der Waals surface area contributed by atoms with Gasteiger partial charge in [0, 0.05) is 6.42 Å². The summed E-state index contributed by atoms with van der Waals surface area (Å²) < 4.78 is 0. The number of rotatable bonds is 46. The van der Waals surface area contributed by atoms with Crippen LogP contribution >= 0.6 is 0 Å². The molecule has 0 aromatic heterocycles. The second-order valence-electron chi connectivity index (χ2n) is 17.2. The van der Waals surface area contributed by atoms with E-state index in [1.54, 1.807) is 6.08 Å². The number of aliphatic hydroxyl groups excluding tert-OH is 2. The van der Waals surface area contributed by atoms with E-state index in [0.717, 1.165) is 44.9 Å². The first-order chi connectivity index (χ1) is 28.7. The standard InChI is InChI=1S/C54H99NO3/c1-3-5-7-9-11-13-15-17-19-21-23-24-25-26-27-28-29-30-32-33-35-37-39-41-43-45-47-49-53(57)52(51-56)55-54(58)50-48-46-44-42-40-38-36-34-31-22-20-18-16-14-12-10-8-6-4-2/h12,14,18,20,32-33,39,41,47,49,52-53,56-57H,3-11,13,15-17,19,21-31,34-38,40,42-46,48,50-51H2,1-2H3,(H,55,58)/b14-12-,20-18-,33-32+,41-39+,49-47+. The maximum atomic E-state index is 12.4. The predicted octanol–water partition coefficient (Wildman–Crippen LogP) is 16.5. The van der Waals surface area contributed by atoms with E-state index in [1.807, 2.05) is 6.08 Å². The van der Waals surface area contributed by atoms with Crippen molar-refractivity contribution in [2.24, 2.45) is 0 Å².